The highest BCUT2D eigenvalue weighted by atomic mass is 35.5. The normalized spacial score (nSPS) is 11.2. The van der Waals surface area contributed by atoms with E-state index in [0.717, 1.165) is 21.3 Å². The van der Waals surface area contributed by atoms with E-state index in [1.165, 1.54) is 6.20 Å². The van der Waals surface area contributed by atoms with E-state index in [9.17, 15) is 9.59 Å². The van der Waals surface area contributed by atoms with Crippen LogP contribution in [0.1, 0.15) is 20.9 Å². The Morgan fingerprint density at radius 3 is 2.46 bits per heavy atom. The van der Waals surface area contributed by atoms with Gasteiger partial charge in [0.1, 0.15) is 21.4 Å². The lowest BCUT2D eigenvalue weighted by molar-refractivity contribution is 0.0701. The van der Waals surface area contributed by atoms with Crippen molar-refractivity contribution in [1.29, 1.82) is 0 Å². The van der Waals surface area contributed by atoms with Crippen LogP contribution in [0, 0.1) is 0 Å². The van der Waals surface area contributed by atoms with Crippen molar-refractivity contribution in [3.63, 3.8) is 0 Å². The number of ether oxygens (including phenoxy) is 2. The summed E-state index contributed by atoms with van der Waals surface area (Å²) in [7, 11) is 3.10. The molecule has 0 aliphatic heterocycles. The molecule has 0 radical (unpaired) electrons. The average Bonchev–Trinajstić information content (AvgIpc) is 3.07. The number of rotatable bonds is 5. The lowest BCUT2D eigenvalue weighted by Crippen LogP contribution is -2.14. The summed E-state index contributed by atoms with van der Waals surface area (Å²) in [5.74, 6) is 0.0995. The van der Waals surface area contributed by atoms with Gasteiger partial charge in [0, 0.05) is 12.3 Å². The van der Waals surface area contributed by atoms with Crippen LogP contribution >= 0.6 is 22.9 Å². The zero-order chi connectivity index (χ0) is 18.8. The first-order valence-corrected chi connectivity index (χ1v) is 8.48. The largest absolute Gasteiger partial charge is 0.497 e. The summed E-state index contributed by atoms with van der Waals surface area (Å²) in [4.78, 5) is 27.9. The first-order valence-electron chi connectivity index (χ1n) is 7.29. The first kappa shape index (κ1) is 18.0. The van der Waals surface area contributed by atoms with Crippen molar-refractivity contribution >= 4 is 46.0 Å². The number of nitrogens with zero attached hydrogens (tertiary/aromatic N) is 2. The van der Waals surface area contributed by atoms with Crippen molar-refractivity contribution in [2.75, 3.05) is 14.2 Å². The molecule has 0 fully saturated rings. The van der Waals surface area contributed by atoms with Gasteiger partial charge < -0.3 is 14.6 Å². The maximum Gasteiger partial charge on any atom is 0.347 e. The smallest absolute Gasteiger partial charge is 0.347 e. The Balaban J connectivity index is 2.06. The third-order valence-electron chi connectivity index (χ3n) is 3.52. The topological polar surface area (TPSA) is 90.1 Å². The fourth-order valence-corrected chi connectivity index (χ4v) is 3.26. The number of benzene rings is 1. The number of methoxy groups -OCH3 is 2. The van der Waals surface area contributed by atoms with Crippen molar-refractivity contribution in [2.24, 2.45) is 0 Å². The monoisotopic (exact) mass is 392 g/mol. The van der Waals surface area contributed by atoms with Crippen LogP contribution < -0.4 is 15.0 Å². The molecule has 1 aromatic carbocycles. The summed E-state index contributed by atoms with van der Waals surface area (Å²) >= 11 is 7.00. The zero-order valence-corrected chi connectivity index (χ0v) is 15.3. The van der Waals surface area contributed by atoms with E-state index in [0.29, 0.717) is 11.5 Å². The molecule has 0 unspecified atom stereocenters. The van der Waals surface area contributed by atoms with Gasteiger partial charge in [-0.2, -0.15) is 0 Å². The molecule has 0 atom stereocenters. The summed E-state index contributed by atoms with van der Waals surface area (Å²) in [5, 5.41) is 8.97. The van der Waals surface area contributed by atoms with E-state index in [-0.39, 0.29) is 20.6 Å². The molecule has 2 aromatic heterocycles. The summed E-state index contributed by atoms with van der Waals surface area (Å²) < 4.78 is 11.6. The number of carbonyl (C=O) groups is 1. The number of hydrogen-bond acceptors (Lipinski definition) is 6. The number of thiazole rings is 1. The molecule has 0 saturated carbocycles. The number of carboxylic acids is 1. The molecule has 9 heteroatoms. The molecular formula is C17H13ClN2O5S. The number of carboxylic acid groups (broad SMARTS) is 1. The lowest BCUT2D eigenvalue weighted by Gasteiger charge is -2.06. The highest BCUT2D eigenvalue weighted by molar-refractivity contribution is 7.18. The van der Waals surface area contributed by atoms with Crippen LogP contribution in [0.3, 0.4) is 0 Å². The summed E-state index contributed by atoms with van der Waals surface area (Å²) in [5.41, 5.74) is 0.484. The van der Waals surface area contributed by atoms with Gasteiger partial charge in [-0.25, -0.2) is 9.78 Å². The summed E-state index contributed by atoms with van der Waals surface area (Å²) in [6, 6.07) is 5.30. The van der Waals surface area contributed by atoms with Crippen LogP contribution in [0.25, 0.3) is 17.1 Å². The van der Waals surface area contributed by atoms with Crippen molar-refractivity contribution < 1.29 is 19.4 Å². The van der Waals surface area contributed by atoms with Gasteiger partial charge in [0.25, 0.3) is 5.56 Å². The minimum atomic E-state index is -1.13. The lowest BCUT2D eigenvalue weighted by atomic mass is 10.1. The quantitative estimate of drug-likeness (QED) is 0.716. The molecule has 3 rings (SSSR count). The Labute approximate surface area is 156 Å². The average molecular weight is 393 g/mol. The van der Waals surface area contributed by atoms with Crippen LogP contribution in [0.4, 0.5) is 0 Å². The van der Waals surface area contributed by atoms with Crippen LogP contribution in [-0.2, 0) is 0 Å². The van der Waals surface area contributed by atoms with Gasteiger partial charge in [0.2, 0.25) is 0 Å². The van der Waals surface area contributed by atoms with Crippen LogP contribution in [0.15, 0.2) is 29.2 Å². The van der Waals surface area contributed by atoms with Gasteiger partial charge >= 0.3 is 5.97 Å². The van der Waals surface area contributed by atoms with Crippen LogP contribution in [0.2, 0.25) is 5.02 Å². The highest BCUT2D eigenvalue weighted by Crippen LogP contribution is 2.25. The van der Waals surface area contributed by atoms with E-state index in [4.69, 9.17) is 26.2 Å². The first-order chi connectivity index (χ1) is 12.4. The molecule has 0 amide bonds. The van der Waals surface area contributed by atoms with Gasteiger partial charge in [-0.05, 0) is 23.8 Å². The fourth-order valence-electron chi connectivity index (χ4n) is 2.25. The molecule has 1 N–H and O–H groups in total. The van der Waals surface area contributed by atoms with Gasteiger partial charge in [-0.1, -0.05) is 29.0 Å². The van der Waals surface area contributed by atoms with Crippen molar-refractivity contribution in [2.45, 2.75) is 0 Å². The van der Waals surface area contributed by atoms with Crippen molar-refractivity contribution in [1.82, 2.24) is 9.38 Å². The SMILES string of the molecule is COc1cc(/C=C/c2nc3sc(C(=O)O)cn3c(=O)c2Cl)cc(OC)c1. The minimum Gasteiger partial charge on any atom is -0.497 e. The Morgan fingerprint density at radius 1 is 1.23 bits per heavy atom. The minimum absolute atomic E-state index is 0.00401. The van der Waals surface area contributed by atoms with E-state index >= 15 is 0 Å². The second-order valence-electron chi connectivity index (χ2n) is 5.15. The standard InChI is InChI=1S/C17H13ClN2O5S/c1-24-10-5-9(6-11(7-10)25-2)3-4-12-14(18)15(21)20-8-13(16(22)23)26-17(20)19-12/h3-8H,1-2H3,(H,22,23)/b4-3+. The molecule has 2 heterocycles. The molecule has 0 spiro atoms. The van der Waals surface area contributed by atoms with E-state index in [1.54, 1.807) is 44.6 Å². The highest BCUT2D eigenvalue weighted by Gasteiger charge is 2.15. The van der Waals surface area contributed by atoms with Crippen LogP contribution in [-0.4, -0.2) is 34.7 Å². The maximum atomic E-state index is 12.3. The molecule has 0 aliphatic carbocycles. The van der Waals surface area contributed by atoms with Gasteiger partial charge in [0.15, 0.2) is 4.96 Å². The third-order valence-corrected chi connectivity index (χ3v) is 4.85. The van der Waals surface area contributed by atoms with Gasteiger partial charge in [0.05, 0.1) is 19.9 Å². The molecule has 0 aliphatic rings. The van der Waals surface area contributed by atoms with E-state index < -0.39 is 11.5 Å². The van der Waals surface area contributed by atoms with E-state index in [2.05, 4.69) is 4.98 Å². The maximum absolute atomic E-state index is 12.3. The summed E-state index contributed by atoms with van der Waals surface area (Å²) in [6.45, 7) is 0. The molecule has 134 valence electrons. The second-order valence-corrected chi connectivity index (χ2v) is 6.54. The number of aromatic carboxylic acids is 1. The number of aromatic nitrogens is 2. The second kappa shape index (κ2) is 7.19. The summed E-state index contributed by atoms with van der Waals surface area (Å²) in [6.07, 6.45) is 4.50. The van der Waals surface area contributed by atoms with Crippen molar-refractivity contribution in [3.8, 4) is 11.5 Å². The predicted octanol–water partition coefficient (Wildman–Crippen LogP) is 3.30. The van der Waals surface area contributed by atoms with Gasteiger partial charge in [-0.15, -0.1) is 0 Å². The molecular weight excluding hydrogens is 380 g/mol. The zero-order valence-electron chi connectivity index (χ0n) is 13.7. The number of halogens is 1. The number of hydrogen-bond donors (Lipinski definition) is 1. The molecule has 0 bridgehead atoms. The Kier molecular flexibility index (Phi) is 4.97. The van der Waals surface area contributed by atoms with Crippen molar-refractivity contribution in [3.05, 3.63) is 55.9 Å². The predicted molar refractivity (Wildman–Crippen MR) is 99.8 cm³/mol. The third kappa shape index (κ3) is 3.42. The molecule has 26 heavy (non-hydrogen) atoms. The number of fused-ring (bicyclic) bond motifs is 1. The Hall–Kier alpha value is -2.84. The Morgan fingerprint density at radius 2 is 1.88 bits per heavy atom. The Bertz CT molecular complexity index is 1060. The molecule has 3 aromatic rings. The molecule has 7 nitrogen and oxygen atoms in total. The van der Waals surface area contributed by atoms with Gasteiger partial charge in [-0.3, -0.25) is 9.20 Å². The fraction of sp³-hybridized carbons (Fsp3) is 0.118. The van der Waals surface area contributed by atoms with E-state index in [1.807, 2.05) is 0 Å². The molecule has 0 saturated heterocycles. The van der Waals surface area contributed by atoms with Crippen LogP contribution in [0.5, 0.6) is 11.5 Å².